The van der Waals surface area contributed by atoms with E-state index in [0.29, 0.717) is 11.5 Å². The third-order valence-corrected chi connectivity index (χ3v) is 4.35. The first-order valence-corrected chi connectivity index (χ1v) is 8.46. The summed E-state index contributed by atoms with van der Waals surface area (Å²) in [5.74, 6) is 0.365. The molecule has 0 spiro atoms. The zero-order valence-corrected chi connectivity index (χ0v) is 14.6. The van der Waals surface area contributed by atoms with Crippen LogP contribution >= 0.6 is 15.9 Å². The lowest BCUT2D eigenvalue weighted by molar-refractivity contribution is 1.11. The van der Waals surface area contributed by atoms with Crippen LogP contribution in [0.15, 0.2) is 81.3 Å². The van der Waals surface area contributed by atoms with Crippen LogP contribution in [0.5, 0.6) is 0 Å². The molecule has 6 heteroatoms. The van der Waals surface area contributed by atoms with Crippen molar-refractivity contribution in [2.75, 3.05) is 5.32 Å². The Labute approximate surface area is 152 Å². The van der Waals surface area contributed by atoms with E-state index in [0.717, 1.165) is 27.0 Å². The van der Waals surface area contributed by atoms with Gasteiger partial charge in [0, 0.05) is 15.7 Å². The highest BCUT2D eigenvalue weighted by atomic mass is 79.9. The number of aliphatic imine (C=N–C) groups is 1. The Morgan fingerprint density at radius 2 is 1.68 bits per heavy atom. The molecule has 1 aromatic heterocycles. The van der Waals surface area contributed by atoms with Gasteiger partial charge in [-0.15, -0.1) is 0 Å². The summed E-state index contributed by atoms with van der Waals surface area (Å²) in [7, 11) is 0. The molecule has 0 saturated heterocycles. The highest BCUT2D eigenvalue weighted by Crippen LogP contribution is 2.28. The summed E-state index contributed by atoms with van der Waals surface area (Å²) >= 11 is 3.44. The van der Waals surface area contributed by atoms with E-state index < -0.39 is 0 Å². The lowest BCUT2D eigenvalue weighted by Gasteiger charge is -2.09. The van der Waals surface area contributed by atoms with Crippen LogP contribution in [0.1, 0.15) is 11.1 Å². The monoisotopic (exact) mass is 392 g/mol. The summed E-state index contributed by atoms with van der Waals surface area (Å²) in [6, 6.07) is 17.7. The molecule has 1 aliphatic rings. The molecule has 2 N–H and O–H groups in total. The second-order valence-electron chi connectivity index (χ2n) is 5.48. The molecule has 0 amide bonds. The van der Waals surface area contributed by atoms with Gasteiger partial charge in [-0.2, -0.15) is 0 Å². The van der Waals surface area contributed by atoms with E-state index >= 15 is 0 Å². The number of H-pyrrole nitrogens is 1. The van der Waals surface area contributed by atoms with Crippen LogP contribution in [0, 0.1) is 0 Å². The largest absolute Gasteiger partial charge is 0.347 e. The van der Waals surface area contributed by atoms with Gasteiger partial charge >= 0.3 is 0 Å². The fraction of sp³-hybridized carbons (Fsp3) is 0. The summed E-state index contributed by atoms with van der Waals surface area (Å²) in [5, 5.41) is 3.19. The third kappa shape index (κ3) is 3.16. The standard InChI is InChI=1S/C19H13BrN4O/c20-14-8-6-13(7-9-14)16-10-15(12-4-2-1-3-5-12)23-17-18(24-16)21-11-22-19(17)25/h1-11,23H,(H,21,22,25). The number of anilines is 1. The Hall–Kier alpha value is -2.99. The molecule has 0 radical (unpaired) electrons. The number of nitrogens with one attached hydrogen (secondary N) is 2. The van der Waals surface area contributed by atoms with Crippen LogP contribution in [-0.2, 0) is 0 Å². The SMILES string of the molecule is O=c1[nH]cnc2c1NC(c1ccccc1)=CC(c1ccc(Br)cc1)=N2. The van der Waals surface area contributed by atoms with Crippen molar-refractivity contribution >= 4 is 38.8 Å². The molecule has 4 rings (SSSR count). The summed E-state index contributed by atoms with van der Waals surface area (Å²) in [5.41, 5.74) is 3.50. The summed E-state index contributed by atoms with van der Waals surface area (Å²) in [4.78, 5) is 23.6. The normalized spacial score (nSPS) is 13.2. The van der Waals surface area contributed by atoms with E-state index in [4.69, 9.17) is 0 Å². The number of nitrogens with zero attached hydrogens (tertiary/aromatic N) is 2. The number of benzene rings is 2. The zero-order valence-electron chi connectivity index (χ0n) is 13.0. The van der Waals surface area contributed by atoms with Crippen molar-refractivity contribution in [2.45, 2.75) is 0 Å². The molecular formula is C19H13BrN4O. The number of aromatic nitrogens is 2. The smallest absolute Gasteiger partial charge is 0.276 e. The average Bonchev–Trinajstić information content (AvgIpc) is 2.84. The molecule has 0 aliphatic carbocycles. The third-order valence-electron chi connectivity index (χ3n) is 3.83. The van der Waals surface area contributed by atoms with Crippen molar-refractivity contribution in [1.82, 2.24) is 9.97 Å². The van der Waals surface area contributed by atoms with Gasteiger partial charge in [-0.05, 0) is 23.8 Å². The van der Waals surface area contributed by atoms with Crippen molar-refractivity contribution in [3.8, 4) is 0 Å². The topological polar surface area (TPSA) is 70.1 Å². The Morgan fingerprint density at radius 1 is 0.920 bits per heavy atom. The number of aromatic amines is 1. The van der Waals surface area contributed by atoms with Crippen molar-refractivity contribution in [2.24, 2.45) is 4.99 Å². The van der Waals surface area contributed by atoms with Crippen LogP contribution in [0.25, 0.3) is 5.70 Å². The molecule has 0 saturated carbocycles. The number of hydrogen-bond donors (Lipinski definition) is 2. The highest BCUT2D eigenvalue weighted by Gasteiger charge is 2.17. The Bertz CT molecular complexity index is 1040. The van der Waals surface area contributed by atoms with Gasteiger partial charge in [0.1, 0.15) is 0 Å². The van der Waals surface area contributed by atoms with Gasteiger partial charge < -0.3 is 10.3 Å². The second kappa shape index (κ2) is 6.49. The highest BCUT2D eigenvalue weighted by molar-refractivity contribution is 9.10. The maximum absolute atomic E-state index is 12.2. The van der Waals surface area contributed by atoms with Gasteiger partial charge in [-0.3, -0.25) is 4.79 Å². The number of allylic oxidation sites excluding steroid dienone is 1. The number of halogens is 1. The van der Waals surface area contributed by atoms with Crippen molar-refractivity contribution in [3.63, 3.8) is 0 Å². The van der Waals surface area contributed by atoms with Crippen molar-refractivity contribution < 1.29 is 0 Å². The molecule has 0 atom stereocenters. The molecule has 2 aromatic carbocycles. The van der Waals surface area contributed by atoms with E-state index in [1.807, 2.05) is 60.7 Å². The van der Waals surface area contributed by atoms with Gasteiger partial charge in [-0.1, -0.05) is 58.4 Å². The molecule has 3 aromatic rings. The molecule has 25 heavy (non-hydrogen) atoms. The second-order valence-corrected chi connectivity index (χ2v) is 6.40. The number of hydrogen-bond acceptors (Lipinski definition) is 4. The Balaban J connectivity index is 1.92. The molecule has 1 aliphatic heterocycles. The average molecular weight is 393 g/mol. The van der Waals surface area contributed by atoms with E-state index in [9.17, 15) is 4.79 Å². The fourth-order valence-electron chi connectivity index (χ4n) is 2.58. The first kappa shape index (κ1) is 15.5. The number of fused-ring (bicyclic) bond motifs is 1. The number of rotatable bonds is 2. The Morgan fingerprint density at radius 3 is 2.44 bits per heavy atom. The minimum atomic E-state index is -0.257. The molecular weight excluding hydrogens is 380 g/mol. The van der Waals surface area contributed by atoms with Crippen LogP contribution in [0.3, 0.4) is 0 Å². The fourth-order valence-corrected chi connectivity index (χ4v) is 2.85. The van der Waals surface area contributed by atoms with Crippen molar-refractivity contribution in [1.29, 1.82) is 0 Å². The molecule has 0 fully saturated rings. The predicted molar refractivity (Wildman–Crippen MR) is 103 cm³/mol. The first-order valence-electron chi connectivity index (χ1n) is 7.67. The minimum Gasteiger partial charge on any atom is -0.347 e. The van der Waals surface area contributed by atoms with Gasteiger partial charge in [0.05, 0.1) is 12.0 Å². The van der Waals surface area contributed by atoms with E-state index in [2.05, 4.69) is 36.2 Å². The predicted octanol–water partition coefficient (Wildman–Crippen LogP) is 4.12. The van der Waals surface area contributed by atoms with Gasteiger partial charge in [0.15, 0.2) is 11.5 Å². The summed E-state index contributed by atoms with van der Waals surface area (Å²) < 4.78 is 0.992. The van der Waals surface area contributed by atoms with Crippen molar-refractivity contribution in [3.05, 3.63) is 93.0 Å². The summed E-state index contributed by atoms with van der Waals surface area (Å²) in [6.45, 7) is 0. The maximum atomic E-state index is 12.2. The molecule has 0 bridgehead atoms. The van der Waals surface area contributed by atoms with E-state index in [1.54, 1.807) is 0 Å². The van der Waals surface area contributed by atoms with Gasteiger partial charge in [0.2, 0.25) is 0 Å². The minimum absolute atomic E-state index is 0.257. The summed E-state index contributed by atoms with van der Waals surface area (Å²) in [6.07, 6.45) is 3.29. The van der Waals surface area contributed by atoms with Crippen LogP contribution < -0.4 is 10.9 Å². The van der Waals surface area contributed by atoms with Crippen LogP contribution in [-0.4, -0.2) is 15.7 Å². The zero-order chi connectivity index (χ0) is 17.2. The van der Waals surface area contributed by atoms with Crippen LogP contribution in [0.2, 0.25) is 0 Å². The Kier molecular flexibility index (Phi) is 4.03. The van der Waals surface area contributed by atoms with Gasteiger partial charge in [0.25, 0.3) is 5.56 Å². The lowest BCUT2D eigenvalue weighted by Crippen LogP contribution is -2.13. The van der Waals surface area contributed by atoms with Gasteiger partial charge in [-0.25, -0.2) is 9.98 Å². The van der Waals surface area contributed by atoms with Crippen LogP contribution in [0.4, 0.5) is 11.5 Å². The molecule has 2 heterocycles. The molecule has 5 nitrogen and oxygen atoms in total. The molecule has 122 valence electrons. The maximum Gasteiger partial charge on any atom is 0.276 e. The quantitative estimate of drug-likeness (QED) is 0.688. The van der Waals surface area contributed by atoms with E-state index in [-0.39, 0.29) is 5.56 Å². The first-order chi connectivity index (χ1) is 12.2. The lowest BCUT2D eigenvalue weighted by atomic mass is 10.1. The van der Waals surface area contributed by atoms with E-state index in [1.165, 1.54) is 6.33 Å². The molecule has 0 unspecified atom stereocenters.